The summed E-state index contributed by atoms with van der Waals surface area (Å²) in [5, 5.41) is 3.31. The Hall–Kier alpha value is -1.39. The molecule has 0 fully saturated rings. The molecule has 2 N–H and O–H groups in total. The first-order valence-corrected chi connectivity index (χ1v) is 2.97. The van der Waals surface area contributed by atoms with Crippen molar-refractivity contribution in [2.24, 2.45) is 15.9 Å². The van der Waals surface area contributed by atoms with E-state index in [1.807, 2.05) is 0 Å². The van der Waals surface area contributed by atoms with E-state index in [1.165, 1.54) is 14.2 Å². The molecule has 0 aliphatic carbocycles. The Labute approximate surface area is 64.9 Å². The van der Waals surface area contributed by atoms with Gasteiger partial charge in [-0.2, -0.15) is 5.10 Å². The van der Waals surface area contributed by atoms with Crippen LogP contribution in [-0.2, 0) is 9.53 Å². The van der Waals surface area contributed by atoms with Gasteiger partial charge in [-0.05, 0) is 6.92 Å². The highest BCUT2D eigenvalue weighted by atomic mass is 16.5. The molecule has 0 rings (SSSR count). The highest BCUT2D eigenvalue weighted by Gasteiger charge is 2.13. The van der Waals surface area contributed by atoms with E-state index in [0.717, 1.165) is 0 Å². The minimum absolute atomic E-state index is 0.148. The first kappa shape index (κ1) is 9.61. The first-order valence-electron chi connectivity index (χ1n) is 2.97. The zero-order valence-corrected chi connectivity index (χ0v) is 6.79. The van der Waals surface area contributed by atoms with Crippen molar-refractivity contribution in [2.75, 3.05) is 14.2 Å². The maximum Gasteiger partial charge on any atom is 0.358 e. The van der Waals surface area contributed by atoms with Gasteiger partial charge >= 0.3 is 5.97 Å². The zero-order chi connectivity index (χ0) is 8.85. The normalized spacial score (nSPS) is 13.0. The van der Waals surface area contributed by atoms with E-state index < -0.39 is 5.97 Å². The Kier molecular flexibility index (Phi) is 3.87. The van der Waals surface area contributed by atoms with Crippen LogP contribution >= 0.6 is 0 Å². The zero-order valence-electron chi connectivity index (χ0n) is 6.79. The van der Waals surface area contributed by atoms with E-state index in [0.29, 0.717) is 5.71 Å². The number of carbonyl (C=O) groups is 1. The number of methoxy groups -OCH3 is 1. The number of esters is 1. The molecule has 0 saturated heterocycles. The number of rotatable bonds is 2. The summed E-state index contributed by atoms with van der Waals surface area (Å²) in [5.74, 6) is 4.41. The van der Waals surface area contributed by atoms with Crippen LogP contribution < -0.4 is 5.84 Å². The fraction of sp³-hybridized carbons (Fsp3) is 0.500. The summed E-state index contributed by atoms with van der Waals surface area (Å²) in [7, 11) is 2.75. The van der Waals surface area contributed by atoms with E-state index in [2.05, 4.69) is 14.8 Å². The third kappa shape index (κ3) is 2.37. The topological polar surface area (TPSA) is 77.0 Å². The quantitative estimate of drug-likeness (QED) is 0.255. The summed E-state index contributed by atoms with van der Waals surface area (Å²) in [5.41, 5.74) is 0.509. The molecule has 0 aromatic heterocycles. The van der Waals surface area contributed by atoms with E-state index in [-0.39, 0.29) is 5.71 Å². The molecule has 5 heteroatoms. The van der Waals surface area contributed by atoms with Crippen molar-refractivity contribution in [3.05, 3.63) is 0 Å². The van der Waals surface area contributed by atoms with Crippen LogP contribution in [0.1, 0.15) is 6.92 Å². The van der Waals surface area contributed by atoms with Crippen LogP contribution in [0.25, 0.3) is 0 Å². The van der Waals surface area contributed by atoms with Crippen molar-refractivity contribution in [1.29, 1.82) is 0 Å². The number of hydrogen-bond donors (Lipinski definition) is 1. The molecule has 0 unspecified atom stereocenters. The van der Waals surface area contributed by atoms with E-state index >= 15 is 0 Å². The standard InChI is InChI=1S/C6H11N3O2/c1-4(9-7)5(8-2)6(10)11-3/h7H2,1-3H3/b8-5?,9-4-. The van der Waals surface area contributed by atoms with Gasteiger partial charge in [-0.25, -0.2) is 4.79 Å². The maximum absolute atomic E-state index is 10.9. The Morgan fingerprint density at radius 1 is 1.55 bits per heavy atom. The van der Waals surface area contributed by atoms with Crippen molar-refractivity contribution >= 4 is 17.4 Å². The maximum atomic E-state index is 10.9. The number of nitrogens with two attached hydrogens (primary N) is 1. The largest absolute Gasteiger partial charge is 0.464 e. The summed E-state index contributed by atoms with van der Waals surface area (Å²) < 4.78 is 4.42. The van der Waals surface area contributed by atoms with Crippen LogP contribution in [0, 0.1) is 0 Å². The lowest BCUT2D eigenvalue weighted by Gasteiger charge is -1.99. The van der Waals surface area contributed by atoms with Crippen LogP contribution in [-0.4, -0.2) is 31.6 Å². The van der Waals surface area contributed by atoms with Crippen LogP contribution in [0.15, 0.2) is 10.1 Å². The summed E-state index contributed by atoms with van der Waals surface area (Å²) in [6.07, 6.45) is 0. The molecular formula is C6H11N3O2. The average molecular weight is 157 g/mol. The highest BCUT2D eigenvalue weighted by molar-refractivity contribution is 6.65. The predicted molar refractivity (Wildman–Crippen MR) is 42.7 cm³/mol. The molecule has 0 heterocycles. The van der Waals surface area contributed by atoms with Crippen molar-refractivity contribution in [3.63, 3.8) is 0 Å². The van der Waals surface area contributed by atoms with Crippen molar-refractivity contribution in [2.45, 2.75) is 6.92 Å². The lowest BCUT2D eigenvalue weighted by atomic mass is 10.2. The molecule has 0 radical (unpaired) electrons. The van der Waals surface area contributed by atoms with Gasteiger partial charge in [0, 0.05) is 7.05 Å². The lowest BCUT2D eigenvalue weighted by molar-refractivity contribution is -0.132. The molecule has 0 amide bonds. The molecule has 62 valence electrons. The molecule has 0 atom stereocenters. The van der Waals surface area contributed by atoms with Gasteiger partial charge in [-0.1, -0.05) is 0 Å². The second kappa shape index (κ2) is 4.43. The summed E-state index contributed by atoms with van der Waals surface area (Å²) in [6.45, 7) is 1.58. The summed E-state index contributed by atoms with van der Waals surface area (Å²) >= 11 is 0. The number of ether oxygens (including phenoxy) is 1. The molecule has 0 aliphatic heterocycles. The second-order valence-electron chi connectivity index (χ2n) is 1.78. The van der Waals surface area contributed by atoms with Crippen molar-refractivity contribution in [3.8, 4) is 0 Å². The number of nitrogens with zero attached hydrogens (tertiary/aromatic N) is 2. The molecule has 0 aliphatic rings. The smallest absolute Gasteiger partial charge is 0.358 e. The van der Waals surface area contributed by atoms with Crippen LogP contribution in [0.4, 0.5) is 0 Å². The third-order valence-electron chi connectivity index (χ3n) is 1.14. The number of carbonyl (C=O) groups excluding carboxylic acids is 1. The van der Waals surface area contributed by atoms with Gasteiger partial charge < -0.3 is 10.6 Å². The fourth-order valence-electron chi connectivity index (χ4n) is 0.559. The minimum atomic E-state index is -0.529. The van der Waals surface area contributed by atoms with Gasteiger partial charge in [-0.3, -0.25) is 4.99 Å². The predicted octanol–water partition coefficient (Wildman–Crippen LogP) is -0.435. The minimum Gasteiger partial charge on any atom is -0.464 e. The SMILES string of the molecule is CN=C(C(=O)OC)/C(C)=N\N. The van der Waals surface area contributed by atoms with Gasteiger partial charge in [0.25, 0.3) is 0 Å². The van der Waals surface area contributed by atoms with Crippen LogP contribution in [0.2, 0.25) is 0 Å². The Morgan fingerprint density at radius 3 is 2.36 bits per heavy atom. The van der Waals surface area contributed by atoms with E-state index in [4.69, 9.17) is 5.84 Å². The molecule has 0 saturated carbocycles. The molecular weight excluding hydrogens is 146 g/mol. The number of hydrogen-bond acceptors (Lipinski definition) is 5. The Morgan fingerprint density at radius 2 is 2.09 bits per heavy atom. The second-order valence-corrected chi connectivity index (χ2v) is 1.78. The molecule has 11 heavy (non-hydrogen) atoms. The van der Waals surface area contributed by atoms with E-state index in [9.17, 15) is 4.79 Å². The Bertz CT molecular complexity index is 208. The lowest BCUT2D eigenvalue weighted by Crippen LogP contribution is -2.24. The average Bonchev–Trinajstić information content (AvgIpc) is 2.05. The van der Waals surface area contributed by atoms with E-state index in [1.54, 1.807) is 6.92 Å². The monoisotopic (exact) mass is 157 g/mol. The molecule has 5 nitrogen and oxygen atoms in total. The van der Waals surface area contributed by atoms with Gasteiger partial charge in [0.2, 0.25) is 0 Å². The highest BCUT2D eigenvalue weighted by Crippen LogP contribution is 1.86. The summed E-state index contributed by atoms with van der Waals surface area (Å²) in [4.78, 5) is 14.5. The van der Waals surface area contributed by atoms with Crippen LogP contribution in [0.3, 0.4) is 0 Å². The molecule has 0 bridgehead atoms. The number of aliphatic imine (C=N–C) groups is 1. The third-order valence-corrected chi connectivity index (χ3v) is 1.14. The molecule has 0 aromatic rings. The molecule has 0 aromatic carbocycles. The fourth-order valence-corrected chi connectivity index (χ4v) is 0.559. The van der Waals surface area contributed by atoms with Crippen LogP contribution in [0.5, 0.6) is 0 Å². The Balaban J connectivity index is 4.57. The molecule has 0 spiro atoms. The van der Waals surface area contributed by atoms with Crippen molar-refractivity contribution < 1.29 is 9.53 Å². The first-order chi connectivity index (χ1) is 5.17. The van der Waals surface area contributed by atoms with Gasteiger partial charge in [0.15, 0.2) is 5.71 Å². The van der Waals surface area contributed by atoms with Gasteiger partial charge in [-0.15, -0.1) is 0 Å². The summed E-state index contributed by atoms with van der Waals surface area (Å²) in [6, 6.07) is 0. The van der Waals surface area contributed by atoms with Gasteiger partial charge in [0.1, 0.15) is 0 Å². The van der Waals surface area contributed by atoms with Gasteiger partial charge in [0.05, 0.1) is 12.8 Å². The van der Waals surface area contributed by atoms with Crippen molar-refractivity contribution in [1.82, 2.24) is 0 Å². The number of hydrazone groups is 1.